The van der Waals surface area contributed by atoms with Gasteiger partial charge in [-0.3, -0.25) is 0 Å². The van der Waals surface area contributed by atoms with Crippen LogP contribution < -0.4 is 5.32 Å². The molecule has 0 aliphatic carbocycles. The van der Waals surface area contributed by atoms with Gasteiger partial charge < -0.3 is 5.32 Å². The summed E-state index contributed by atoms with van der Waals surface area (Å²) in [5, 5.41) is 11.3. The number of benzene rings is 1. The lowest BCUT2D eigenvalue weighted by Crippen LogP contribution is -2.05. The van der Waals surface area contributed by atoms with Gasteiger partial charge in [0, 0.05) is 6.54 Å². The summed E-state index contributed by atoms with van der Waals surface area (Å²) in [6.07, 6.45) is 1.98. The molecule has 0 aliphatic rings. The molecule has 1 aromatic carbocycles. The van der Waals surface area contributed by atoms with Crippen LogP contribution in [-0.2, 0) is 13.1 Å². The van der Waals surface area contributed by atoms with Crippen LogP contribution in [-0.4, -0.2) is 22.0 Å². The number of nitrogens with zero attached hydrogens (tertiary/aromatic N) is 3. The summed E-state index contributed by atoms with van der Waals surface area (Å²) in [6, 6.07) is 6.55. The Hall–Kier alpha value is -1.68. The summed E-state index contributed by atoms with van der Waals surface area (Å²) in [5.41, 5.74) is 4.81. The van der Waals surface area contributed by atoms with E-state index in [-0.39, 0.29) is 0 Å². The smallest absolute Gasteiger partial charge is 0.0964 e. The minimum Gasteiger partial charge on any atom is -0.314 e. The molecular weight excluding hydrogens is 212 g/mol. The van der Waals surface area contributed by atoms with Gasteiger partial charge >= 0.3 is 0 Å². The van der Waals surface area contributed by atoms with Crippen LogP contribution in [0.4, 0.5) is 0 Å². The van der Waals surface area contributed by atoms with E-state index in [9.17, 15) is 0 Å². The molecule has 90 valence electrons. The summed E-state index contributed by atoms with van der Waals surface area (Å²) in [6.45, 7) is 5.76. The van der Waals surface area contributed by atoms with Crippen LogP contribution in [0.1, 0.15) is 22.4 Å². The van der Waals surface area contributed by atoms with E-state index in [2.05, 4.69) is 47.7 Å². The topological polar surface area (TPSA) is 42.7 Å². The molecule has 1 heterocycles. The van der Waals surface area contributed by atoms with Crippen LogP contribution in [0.5, 0.6) is 0 Å². The van der Waals surface area contributed by atoms with E-state index in [0.717, 1.165) is 18.8 Å². The summed E-state index contributed by atoms with van der Waals surface area (Å²) in [7, 11) is 1.91. The van der Waals surface area contributed by atoms with E-state index in [4.69, 9.17) is 0 Å². The van der Waals surface area contributed by atoms with E-state index < -0.39 is 0 Å². The number of rotatable bonds is 4. The number of hydrogen-bond acceptors (Lipinski definition) is 3. The van der Waals surface area contributed by atoms with Crippen LogP contribution >= 0.6 is 0 Å². The molecule has 1 aromatic heterocycles. The molecule has 0 unspecified atom stereocenters. The lowest BCUT2D eigenvalue weighted by molar-refractivity contribution is 0.648. The molecule has 2 aromatic rings. The zero-order valence-electron chi connectivity index (χ0n) is 10.6. The van der Waals surface area contributed by atoms with Crippen molar-refractivity contribution in [2.75, 3.05) is 7.05 Å². The summed E-state index contributed by atoms with van der Waals surface area (Å²) < 4.78 is 1.88. The molecule has 17 heavy (non-hydrogen) atoms. The second-order valence-corrected chi connectivity index (χ2v) is 4.43. The highest BCUT2D eigenvalue weighted by Gasteiger charge is 2.01. The fraction of sp³-hybridized carbons (Fsp3) is 0.385. The highest BCUT2D eigenvalue weighted by atomic mass is 15.4. The van der Waals surface area contributed by atoms with Crippen LogP contribution in [0.2, 0.25) is 0 Å². The van der Waals surface area contributed by atoms with Crippen LogP contribution in [0, 0.1) is 13.8 Å². The zero-order valence-corrected chi connectivity index (χ0v) is 10.6. The van der Waals surface area contributed by atoms with Gasteiger partial charge in [0.2, 0.25) is 0 Å². The van der Waals surface area contributed by atoms with Crippen LogP contribution in [0.25, 0.3) is 0 Å². The Morgan fingerprint density at radius 2 is 1.88 bits per heavy atom. The van der Waals surface area contributed by atoms with Gasteiger partial charge in [0.25, 0.3) is 0 Å². The van der Waals surface area contributed by atoms with Gasteiger partial charge in [-0.2, -0.15) is 0 Å². The molecule has 0 fully saturated rings. The van der Waals surface area contributed by atoms with Crippen molar-refractivity contribution in [2.45, 2.75) is 26.9 Å². The lowest BCUT2D eigenvalue weighted by Gasteiger charge is -2.04. The minimum absolute atomic E-state index is 0.757. The van der Waals surface area contributed by atoms with E-state index in [1.807, 2.05) is 17.9 Å². The fourth-order valence-corrected chi connectivity index (χ4v) is 2.03. The van der Waals surface area contributed by atoms with Gasteiger partial charge in [-0.25, -0.2) is 4.68 Å². The molecule has 4 nitrogen and oxygen atoms in total. The van der Waals surface area contributed by atoms with Gasteiger partial charge in [-0.05, 0) is 26.5 Å². The maximum atomic E-state index is 4.12. The second kappa shape index (κ2) is 5.10. The predicted molar refractivity (Wildman–Crippen MR) is 67.8 cm³/mol. The Kier molecular flexibility index (Phi) is 3.54. The van der Waals surface area contributed by atoms with E-state index in [1.165, 1.54) is 16.7 Å². The third-order valence-corrected chi connectivity index (χ3v) is 2.57. The van der Waals surface area contributed by atoms with Crippen molar-refractivity contribution in [3.8, 4) is 0 Å². The molecule has 4 heteroatoms. The van der Waals surface area contributed by atoms with Crippen molar-refractivity contribution in [1.29, 1.82) is 0 Å². The van der Waals surface area contributed by atoms with Crippen molar-refractivity contribution in [3.05, 3.63) is 46.8 Å². The van der Waals surface area contributed by atoms with Gasteiger partial charge in [0.15, 0.2) is 0 Å². The molecule has 0 atom stereocenters. The Balaban J connectivity index is 2.13. The predicted octanol–water partition coefficient (Wildman–Crippen LogP) is 1.66. The van der Waals surface area contributed by atoms with Crippen LogP contribution in [0.15, 0.2) is 24.4 Å². The summed E-state index contributed by atoms with van der Waals surface area (Å²) in [5.74, 6) is 0. The molecule has 0 radical (unpaired) electrons. The first-order chi connectivity index (χ1) is 8.17. The van der Waals surface area contributed by atoms with Gasteiger partial charge in [-0.15, -0.1) is 5.10 Å². The third kappa shape index (κ3) is 3.14. The Morgan fingerprint density at radius 1 is 1.18 bits per heavy atom. The number of nitrogens with one attached hydrogen (secondary N) is 1. The Labute approximate surface area is 102 Å². The number of aryl methyl sites for hydroxylation is 2. The monoisotopic (exact) mass is 230 g/mol. The molecule has 0 saturated carbocycles. The molecule has 1 N–H and O–H groups in total. The van der Waals surface area contributed by atoms with Crippen molar-refractivity contribution in [2.24, 2.45) is 0 Å². The van der Waals surface area contributed by atoms with E-state index in [1.54, 1.807) is 0 Å². The highest BCUT2D eigenvalue weighted by molar-refractivity contribution is 5.28. The third-order valence-electron chi connectivity index (χ3n) is 2.57. The van der Waals surface area contributed by atoms with Gasteiger partial charge in [-0.1, -0.05) is 34.5 Å². The molecule has 0 saturated heterocycles. The lowest BCUT2D eigenvalue weighted by atomic mass is 10.1. The Morgan fingerprint density at radius 3 is 2.53 bits per heavy atom. The normalized spacial score (nSPS) is 10.8. The average Bonchev–Trinajstić information content (AvgIpc) is 2.64. The minimum atomic E-state index is 0.757. The van der Waals surface area contributed by atoms with Gasteiger partial charge in [0.05, 0.1) is 18.4 Å². The van der Waals surface area contributed by atoms with Gasteiger partial charge in [0.1, 0.15) is 0 Å². The summed E-state index contributed by atoms with van der Waals surface area (Å²) >= 11 is 0. The van der Waals surface area contributed by atoms with E-state index in [0.29, 0.717) is 0 Å². The first kappa shape index (κ1) is 11.8. The first-order valence-corrected chi connectivity index (χ1v) is 5.78. The highest BCUT2D eigenvalue weighted by Crippen LogP contribution is 2.10. The van der Waals surface area contributed by atoms with Crippen LogP contribution in [0.3, 0.4) is 0 Å². The Bertz CT molecular complexity index is 482. The SMILES string of the molecule is CNCc1cn(Cc2cc(C)cc(C)c2)nn1. The van der Waals surface area contributed by atoms with Crippen molar-refractivity contribution in [1.82, 2.24) is 20.3 Å². The first-order valence-electron chi connectivity index (χ1n) is 5.78. The molecule has 0 spiro atoms. The molecule has 0 aliphatic heterocycles. The largest absolute Gasteiger partial charge is 0.314 e. The molecule has 2 rings (SSSR count). The number of hydrogen-bond donors (Lipinski definition) is 1. The molecule has 0 bridgehead atoms. The fourth-order valence-electron chi connectivity index (χ4n) is 2.03. The van der Waals surface area contributed by atoms with E-state index >= 15 is 0 Å². The molecular formula is C13H18N4. The average molecular weight is 230 g/mol. The van der Waals surface area contributed by atoms with Crippen molar-refractivity contribution in [3.63, 3.8) is 0 Å². The maximum Gasteiger partial charge on any atom is 0.0964 e. The quantitative estimate of drug-likeness (QED) is 0.868. The van der Waals surface area contributed by atoms with Crippen molar-refractivity contribution >= 4 is 0 Å². The number of aromatic nitrogens is 3. The zero-order chi connectivity index (χ0) is 12.3. The standard InChI is InChI=1S/C13H18N4/c1-10-4-11(2)6-12(5-10)8-17-9-13(7-14-3)15-16-17/h4-6,9,14H,7-8H2,1-3H3. The van der Waals surface area contributed by atoms with Crippen molar-refractivity contribution < 1.29 is 0 Å². The maximum absolute atomic E-state index is 4.12. The summed E-state index contributed by atoms with van der Waals surface area (Å²) in [4.78, 5) is 0. The second-order valence-electron chi connectivity index (χ2n) is 4.43. The molecule has 0 amide bonds.